The van der Waals surface area contributed by atoms with Crippen molar-refractivity contribution in [1.29, 1.82) is 0 Å². The average molecular weight is 1050 g/mol. The summed E-state index contributed by atoms with van der Waals surface area (Å²) in [5.74, 6) is 1.05. The monoisotopic (exact) mass is 1050 g/mol. The van der Waals surface area contributed by atoms with Crippen molar-refractivity contribution >= 4 is 107 Å². The van der Waals surface area contributed by atoms with Gasteiger partial charge in [0.15, 0.2) is 0 Å². The van der Waals surface area contributed by atoms with E-state index in [2.05, 4.69) is 264 Å². The largest absolute Gasteiger partial charge is 0.309 e. The Morgan fingerprint density at radius 3 is 1.12 bits per heavy atom. The first-order valence-corrected chi connectivity index (χ1v) is 29.7. The van der Waals surface area contributed by atoms with E-state index in [0.29, 0.717) is 0 Å². The maximum absolute atomic E-state index is 2.53. The highest BCUT2D eigenvalue weighted by molar-refractivity contribution is 7.26. The van der Waals surface area contributed by atoms with Gasteiger partial charge in [-0.05, 0) is 121 Å². The fourth-order valence-corrected chi connectivity index (χ4v) is 18.1. The van der Waals surface area contributed by atoms with Gasteiger partial charge >= 0.3 is 0 Å². The molecule has 16 aromatic rings. The minimum atomic E-state index is 0.244. The van der Waals surface area contributed by atoms with Crippen molar-refractivity contribution in [3.05, 3.63) is 322 Å². The molecule has 22 rings (SSSR count). The first kappa shape index (κ1) is 43.6. The molecule has 80 heavy (non-hydrogen) atoms. The predicted molar refractivity (Wildman–Crippen MR) is 337 cm³/mol. The van der Waals surface area contributed by atoms with Crippen LogP contribution in [0, 0.1) is 0 Å². The second-order valence-electron chi connectivity index (χ2n) is 22.4. The van der Waals surface area contributed by atoms with Gasteiger partial charge in [0.05, 0.1) is 38.1 Å². The fourth-order valence-electron chi connectivity index (χ4n) is 15.8. The van der Waals surface area contributed by atoms with Crippen molar-refractivity contribution in [2.24, 2.45) is 0 Å². The molecule has 12 aromatic carbocycles. The van der Waals surface area contributed by atoms with Crippen LogP contribution in [0.2, 0.25) is 0 Å². The number of hydrogen-bond donors (Lipinski definition) is 0. The molecule has 4 bridgehead atoms. The molecule has 0 atom stereocenters. The van der Waals surface area contributed by atoms with Crippen molar-refractivity contribution in [3.63, 3.8) is 0 Å². The zero-order valence-corrected chi connectivity index (χ0v) is 44.9. The highest BCUT2D eigenvalue weighted by Gasteiger charge is 2.44. The second-order valence-corrected chi connectivity index (χ2v) is 24.5. The van der Waals surface area contributed by atoms with Gasteiger partial charge in [-0.1, -0.05) is 200 Å². The zero-order valence-electron chi connectivity index (χ0n) is 43.3. The summed E-state index contributed by atoms with van der Waals surface area (Å²) >= 11 is 3.79. The molecule has 0 spiro atoms. The van der Waals surface area contributed by atoms with Crippen molar-refractivity contribution in [2.75, 3.05) is 0 Å². The van der Waals surface area contributed by atoms with E-state index in [-0.39, 0.29) is 23.7 Å². The van der Waals surface area contributed by atoms with Crippen LogP contribution in [-0.4, -0.2) is 9.13 Å². The Labute approximate surface area is 469 Å². The van der Waals surface area contributed by atoms with E-state index in [9.17, 15) is 0 Å². The van der Waals surface area contributed by atoms with Crippen LogP contribution in [0.25, 0.3) is 95.3 Å². The van der Waals surface area contributed by atoms with Crippen LogP contribution in [0.5, 0.6) is 0 Å². The zero-order chi connectivity index (χ0) is 51.9. The van der Waals surface area contributed by atoms with E-state index >= 15 is 0 Å². The Balaban J connectivity index is 0.000000120. The third-order valence-electron chi connectivity index (χ3n) is 18.7. The Morgan fingerprint density at radius 2 is 0.600 bits per heavy atom. The first-order valence-electron chi connectivity index (χ1n) is 28.1. The molecule has 0 radical (unpaired) electrons. The maximum Gasteiger partial charge on any atom is 0.0640 e. The maximum atomic E-state index is 2.53. The number of fused-ring (bicyclic) bond motifs is 12. The van der Waals surface area contributed by atoms with E-state index in [4.69, 9.17) is 0 Å². The number of rotatable bonds is 2. The molecule has 0 saturated carbocycles. The third-order valence-corrected chi connectivity index (χ3v) is 21.1. The van der Waals surface area contributed by atoms with Crippen LogP contribution in [0.1, 0.15) is 90.4 Å². The van der Waals surface area contributed by atoms with E-state index in [1.54, 1.807) is 0 Å². The Bertz CT molecular complexity index is 5270. The lowest BCUT2D eigenvalue weighted by Crippen LogP contribution is -2.27. The molecule has 6 aliphatic rings. The van der Waals surface area contributed by atoms with Gasteiger partial charge in [0.25, 0.3) is 0 Å². The molecule has 372 valence electrons. The number of nitrogens with zero attached hydrogens (tertiary/aromatic N) is 2. The van der Waals surface area contributed by atoms with E-state index in [1.807, 2.05) is 22.7 Å². The molecule has 0 aliphatic heterocycles. The Kier molecular flexibility index (Phi) is 8.81. The van der Waals surface area contributed by atoms with E-state index < -0.39 is 0 Å². The summed E-state index contributed by atoms with van der Waals surface area (Å²) in [6.45, 7) is 0. The number of aromatic nitrogens is 2. The van der Waals surface area contributed by atoms with Gasteiger partial charge in [0.2, 0.25) is 0 Å². The molecule has 0 fully saturated rings. The van der Waals surface area contributed by atoms with Crippen molar-refractivity contribution in [1.82, 2.24) is 9.13 Å². The predicted octanol–water partition coefficient (Wildman–Crippen LogP) is 20.3. The minimum Gasteiger partial charge on any atom is -0.309 e. The average Bonchev–Trinajstić information content (AvgIpc) is 4.35. The molecule has 4 heteroatoms. The van der Waals surface area contributed by atoms with Gasteiger partial charge in [-0.2, -0.15) is 0 Å². The molecule has 2 nitrogen and oxygen atoms in total. The minimum absolute atomic E-state index is 0.244. The van der Waals surface area contributed by atoms with Gasteiger partial charge in [-0.25, -0.2) is 0 Å². The lowest BCUT2D eigenvalue weighted by molar-refractivity contribution is 0.761. The number of thiophene rings is 2. The summed E-state index contributed by atoms with van der Waals surface area (Å²) < 4.78 is 10.4. The normalized spacial score (nSPS) is 17.0. The van der Waals surface area contributed by atoms with Crippen LogP contribution in [0.3, 0.4) is 0 Å². The van der Waals surface area contributed by atoms with Gasteiger partial charge in [-0.3, -0.25) is 0 Å². The van der Waals surface area contributed by atoms with Crippen molar-refractivity contribution in [2.45, 2.75) is 23.7 Å². The fraction of sp³-hybridized carbons (Fsp3) is 0.0526. The molecule has 0 amide bonds. The van der Waals surface area contributed by atoms with Crippen LogP contribution in [0.15, 0.2) is 255 Å². The highest BCUT2D eigenvalue weighted by Crippen LogP contribution is 2.60. The van der Waals surface area contributed by atoms with Crippen LogP contribution < -0.4 is 0 Å². The number of hydrogen-bond acceptors (Lipinski definition) is 2. The highest BCUT2D eigenvalue weighted by atomic mass is 32.1. The molecule has 0 N–H and O–H groups in total. The topological polar surface area (TPSA) is 9.86 Å². The smallest absolute Gasteiger partial charge is 0.0640 e. The summed E-state index contributed by atoms with van der Waals surface area (Å²) in [4.78, 5) is 0. The van der Waals surface area contributed by atoms with Gasteiger partial charge in [-0.15, -0.1) is 22.7 Å². The van der Waals surface area contributed by atoms with Gasteiger partial charge < -0.3 is 9.13 Å². The second kappa shape index (κ2) is 16.1. The van der Waals surface area contributed by atoms with Gasteiger partial charge in [0, 0.05) is 80.9 Å². The molecular weight excluding hydrogens is 1000 g/mol. The third kappa shape index (κ3) is 5.62. The molecule has 4 heterocycles. The molecule has 4 aromatic heterocycles. The summed E-state index contributed by atoms with van der Waals surface area (Å²) in [6, 6.07) is 95.5. The quantitative estimate of drug-likeness (QED) is 0.163. The molecular formula is C76H46N2S2. The Hall–Kier alpha value is -9.32. The van der Waals surface area contributed by atoms with Crippen LogP contribution >= 0.6 is 22.7 Å². The summed E-state index contributed by atoms with van der Waals surface area (Å²) in [5.41, 5.74) is 25.4. The van der Waals surface area contributed by atoms with Crippen molar-refractivity contribution < 1.29 is 0 Å². The van der Waals surface area contributed by atoms with Crippen molar-refractivity contribution in [3.8, 4) is 11.4 Å². The molecule has 6 aliphatic carbocycles. The number of para-hydroxylation sites is 2. The lowest BCUT2D eigenvalue weighted by Gasteiger charge is -2.42. The molecule has 0 unspecified atom stereocenters. The SMILES string of the molecule is c1ccc2c(c1)C1c3ccccc3C2c2c1ccc1c2c2ccccc2n1-c1cccc2c1sc1ccccc12.c1ccc2c(c1)C1c3ccccc3C2c2c1ccc1c2c2ccccc2n1-c1cccc2sc3ccccc3c12. The summed E-state index contributed by atoms with van der Waals surface area (Å²) in [7, 11) is 0. The lowest BCUT2D eigenvalue weighted by atomic mass is 9.60. The standard InChI is InChI=1S/2C38H23NS/c1-3-13-25-23(11-1)34-24-12-2-4-14-26(24)35(25)37-29(34)20-21-31-36(37)28-15-5-7-17-30(28)39(31)32-18-9-16-27-22-10-6-8-19-33(22)40-38(27)32;1-3-12-24-22(10-1)34-23-11-2-4-13-25(23)35(24)38-28(34)20-21-31-37(38)26-14-5-7-16-29(26)39(31)30-17-9-19-33-36(30)27-15-6-8-18-32(27)40-33/h2*1-21,34-35H. The van der Waals surface area contributed by atoms with E-state index in [0.717, 1.165) is 0 Å². The Morgan fingerprint density at radius 1 is 0.225 bits per heavy atom. The van der Waals surface area contributed by atoms with Gasteiger partial charge in [0.1, 0.15) is 0 Å². The first-order chi connectivity index (χ1) is 39.8. The van der Waals surface area contributed by atoms with Crippen LogP contribution in [-0.2, 0) is 0 Å². The summed E-state index contributed by atoms with van der Waals surface area (Å²) in [5, 5.41) is 10.9. The molecule has 0 saturated heterocycles. The van der Waals surface area contributed by atoms with Crippen LogP contribution in [0.4, 0.5) is 0 Å². The summed E-state index contributed by atoms with van der Waals surface area (Å²) in [6.07, 6.45) is 0. The number of benzene rings is 12. The van der Waals surface area contributed by atoms with E-state index in [1.165, 1.54) is 162 Å².